The average Bonchev–Trinajstić information content (AvgIpc) is 2.58. The third-order valence-electron chi connectivity index (χ3n) is 5.01. The van der Waals surface area contributed by atoms with E-state index in [0.717, 1.165) is 37.8 Å². The maximum atomic E-state index is 12.6. The molecule has 1 fully saturated rings. The molecule has 2 bridgehead atoms. The van der Waals surface area contributed by atoms with Crippen molar-refractivity contribution in [3.05, 3.63) is 47.5 Å². The lowest BCUT2D eigenvalue weighted by molar-refractivity contribution is 0.0478. The quantitative estimate of drug-likeness (QED) is 0.770. The fourth-order valence-corrected chi connectivity index (χ4v) is 3.75. The van der Waals surface area contributed by atoms with Crippen LogP contribution in [0, 0.1) is 0 Å². The van der Waals surface area contributed by atoms with E-state index in [2.05, 4.69) is 25.1 Å². The van der Waals surface area contributed by atoms with Gasteiger partial charge in [-0.25, -0.2) is 4.79 Å². The number of piperidine rings is 1. The van der Waals surface area contributed by atoms with Gasteiger partial charge in [0.2, 0.25) is 0 Å². The molecule has 2 atom stereocenters. The van der Waals surface area contributed by atoms with Crippen molar-refractivity contribution in [1.29, 1.82) is 0 Å². The molecule has 3 rings (SSSR count). The van der Waals surface area contributed by atoms with E-state index >= 15 is 0 Å². The van der Waals surface area contributed by atoms with Gasteiger partial charge in [0, 0.05) is 12.6 Å². The first kappa shape index (κ1) is 17.0. The molecule has 1 amide bonds. The van der Waals surface area contributed by atoms with Crippen molar-refractivity contribution in [3.63, 3.8) is 0 Å². The van der Waals surface area contributed by atoms with E-state index in [1.54, 1.807) is 0 Å². The zero-order valence-electron chi connectivity index (χ0n) is 14.8. The van der Waals surface area contributed by atoms with Crippen LogP contribution in [0.1, 0.15) is 37.7 Å². The number of nitrogens with zero attached hydrogens (tertiary/aromatic N) is 2. The summed E-state index contributed by atoms with van der Waals surface area (Å²) in [5, 5.41) is 0. The second-order valence-electron chi connectivity index (χ2n) is 7.18. The molecule has 1 saturated heterocycles. The highest BCUT2D eigenvalue weighted by Crippen LogP contribution is 2.34. The van der Waals surface area contributed by atoms with E-state index in [-0.39, 0.29) is 12.1 Å². The molecule has 1 aromatic carbocycles. The van der Waals surface area contributed by atoms with Gasteiger partial charge < -0.3 is 9.64 Å². The van der Waals surface area contributed by atoms with Crippen LogP contribution < -0.4 is 0 Å². The lowest BCUT2D eigenvalue weighted by atomic mass is 9.84. The van der Waals surface area contributed by atoms with Gasteiger partial charge in [0.15, 0.2) is 0 Å². The van der Waals surface area contributed by atoms with Crippen molar-refractivity contribution >= 4 is 6.09 Å². The molecule has 2 aliphatic rings. The molecule has 0 aliphatic carbocycles. The van der Waals surface area contributed by atoms with Crippen LogP contribution in [0.15, 0.2) is 42.0 Å². The molecule has 0 radical (unpaired) electrons. The summed E-state index contributed by atoms with van der Waals surface area (Å²) in [7, 11) is 4.22. The maximum Gasteiger partial charge on any atom is 0.410 e. The van der Waals surface area contributed by atoms with Crippen molar-refractivity contribution in [1.82, 2.24) is 9.80 Å². The molecule has 2 heterocycles. The molecule has 24 heavy (non-hydrogen) atoms. The number of hydrogen-bond donors (Lipinski definition) is 0. The standard InChI is InChI=1S/C20H28N2O2/c1-21(2)12-11-17-13-18-9-6-10-19(14-17)22(18)20(23)24-15-16-7-4-3-5-8-16/h3-5,7-8,13,18-19H,6,9-12,14-15H2,1-2H3. The molecule has 0 spiro atoms. The van der Waals surface area contributed by atoms with Gasteiger partial charge in [-0.3, -0.25) is 4.90 Å². The Balaban J connectivity index is 1.62. The summed E-state index contributed by atoms with van der Waals surface area (Å²) in [5.41, 5.74) is 2.54. The van der Waals surface area contributed by atoms with Gasteiger partial charge in [0.25, 0.3) is 0 Å². The SMILES string of the molecule is CN(C)CCC1=CC2CCCC(C1)N2C(=O)OCc1ccccc1. The highest BCUT2D eigenvalue weighted by Gasteiger charge is 2.37. The summed E-state index contributed by atoms with van der Waals surface area (Å²) < 4.78 is 5.59. The van der Waals surface area contributed by atoms with Crippen LogP contribution in [0.25, 0.3) is 0 Å². The smallest absolute Gasteiger partial charge is 0.410 e. The van der Waals surface area contributed by atoms with Gasteiger partial charge in [-0.2, -0.15) is 0 Å². The second kappa shape index (κ2) is 7.84. The largest absolute Gasteiger partial charge is 0.445 e. The normalized spacial score (nSPS) is 23.1. The minimum absolute atomic E-state index is 0.156. The molecule has 4 heteroatoms. The molecule has 1 aromatic rings. The van der Waals surface area contributed by atoms with Gasteiger partial charge in [0.05, 0.1) is 6.04 Å². The molecular weight excluding hydrogens is 300 g/mol. The number of fused-ring (bicyclic) bond motifs is 2. The number of ether oxygens (including phenoxy) is 1. The minimum Gasteiger partial charge on any atom is -0.445 e. The molecular formula is C20H28N2O2. The fraction of sp³-hybridized carbons (Fsp3) is 0.550. The average molecular weight is 328 g/mol. The van der Waals surface area contributed by atoms with Gasteiger partial charge in [-0.1, -0.05) is 42.0 Å². The summed E-state index contributed by atoms with van der Waals surface area (Å²) in [6, 6.07) is 10.4. The zero-order chi connectivity index (χ0) is 16.9. The first-order valence-corrected chi connectivity index (χ1v) is 8.97. The number of rotatable bonds is 5. The van der Waals surface area contributed by atoms with E-state index in [9.17, 15) is 4.79 Å². The number of carbonyl (C=O) groups is 1. The molecule has 130 valence electrons. The summed E-state index contributed by atoms with van der Waals surface area (Å²) in [5.74, 6) is 0. The number of hydrogen-bond acceptors (Lipinski definition) is 3. The Kier molecular flexibility index (Phi) is 5.56. The summed E-state index contributed by atoms with van der Waals surface area (Å²) in [6.07, 6.45) is 7.63. The fourth-order valence-electron chi connectivity index (χ4n) is 3.75. The second-order valence-corrected chi connectivity index (χ2v) is 7.18. The topological polar surface area (TPSA) is 32.8 Å². The van der Waals surface area contributed by atoms with E-state index in [1.807, 2.05) is 35.2 Å². The minimum atomic E-state index is -0.156. The van der Waals surface area contributed by atoms with Crippen LogP contribution in [0.5, 0.6) is 0 Å². The Morgan fingerprint density at radius 2 is 2.04 bits per heavy atom. The Morgan fingerprint density at radius 3 is 2.75 bits per heavy atom. The van der Waals surface area contributed by atoms with Crippen LogP contribution in [-0.4, -0.2) is 48.6 Å². The van der Waals surface area contributed by atoms with Crippen molar-refractivity contribution in [2.24, 2.45) is 0 Å². The summed E-state index contributed by atoms with van der Waals surface area (Å²) in [6.45, 7) is 1.43. The highest BCUT2D eigenvalue weighted by molar-refractivity contribution is 5.69. The van der Waals surface area contributed by atoms with Gasteiger partial charge >= 0.3 is 6.09 Å². The Morgan fingerprint density at radius 1 is 1.25 bits per heavy atom. The third-order valence-corrected chi connectivity index (χ3v) is 5.01. The predicted molar refractivity (Wildman–Crippen MR) is 95.8 cm³/mol. The third kappa shape index (κ3) is 4.18. The molecule has 2 unspecified atom stereocenters. The van der Waals surface area contributed by atoms with E-state index in [0.29, 0.717) is 12.6 Å². The Labute approximate surface area is 145 Å². The van der Waals surface area contributed by atoms with E-state index in [1.165, 1.54) is 12.0 Å². The lowest BCUT2D eigenvalue weighted by Gasteiger charge is -2.44. The Hall–Kier alpha value is -1.81. The number of benzene rings is 1. The van der Waals surface area contributed by atoms with E-state index < -0.39 is 0 Å². The summed E-state index contributed by atoms with van der Waals surface area (Å²) in [4.78, 5) is 16.8. The molecule has 4 nitrogen and oxygen atoms in total. The molecule has 0 saturated carbocycles. The summed E-state index contributed by atoms with van der Waals surface area (Å²) >= 11 is 0. The van der Waals surface area contributed by atoms with Crippen molar-refractivity contribution in [3.8, 4) is 0 Å². The zero-order valence-corrected chi connectivity index (χ0v) is 14.8. The maximum absolute atomic E-state index is 12.6. The van der Waals surface area contributed by atoms with Crippen LogP contribution in [0.3, 0.4) is 0 Å². The monoisotopic (exact) mass is 328 g/mol. The van der Waals surface area contributed by atoms with Crippen LogP contribution in [-0.2, 0) is 11.3 Å². The van der Waals surface area contributed by atoms with Gasteiger partial charge in [-0.05, 0) is 51.8 Å². The van der Waals surface area contributed by atoms with Crippen LogP contribution >= 0.6 is 0 Å². The predicted octanol–water partition coefficient (Wildman–Crippen LogP) is 3.83. The highest BCUT2D eigenvalue weighted by atomic mass is 16.6. The Bertz CT molecular complexity index is 583. The first-order chi connectivity index (χ1) is 11.6. The van der Waals surface area contributed by atoms with Crippen molar-refractivity contribution < 1.29 is 9.53 Å². The van der Waals surface area contributed by atoms with E-state index in [4.69, 9.17) is 4.74 Å². The van der Waals surface area contributed by atoms with Crippen molar-refractivity contribution in [2.75, 3.05) is 20.6 Å². The first-order valence-electron chi connectivity index (χ1n) is 8.97. The molecule has 0 aromatic heterocycles. The van der Waals surface area contributed by atoms with Crippen LogP contribution in [0.4, 0.5) is 4.79 Å². The van der Waals surface area contributed by atoms with Crippen LogP contribution in [0.2, 0.25) is 0 Å². The van der Waals surface area contributed by atoms with Gasteiger partial charge in [-0.15, -0.1) is 0 Å². The number of amides is 1. The lowest BCUT2D eigenvalue weighted by Crippen LogP contribution is -2.52. The molecule has 2 aliphatic heterocycles. The number of carbonyl (C=O) groups excluding carboxylic acids is 1. The van der Waals surface area contributed by atoms with Gasteiger partial charge in [0.1, 0.15) is 6.61 Å². The molecule has 0 N–H and O–H groups in total. The van der Waals surface area contributed by atoms with Crippen molar-refractivity contribution in [2.45, 2.75) is 50.8 Å².